The van der Waals surface area contributed by atoms with E-state index in [1.165, 1.54) is 28.3 Å². The van der Waals surface area contributed by atoms with Crippen molar-refractivity contribution >= 4 is 11.8 Å². The Morgan fingerprint density at radius 1 is 0.952 bits per heavy atom. The highest BCUT2D eigenvalue weighted by molar-refractivity contribution is 6.00. The van der Waals surface area contributed by atoms with E-state index in [2.05, 4.69) is 10.6 Å². The Balaban J connectivity index is 2.89. The van der Waals surface area contributed by atoms with Crippen LogP contribution < -0.4 is 24.8 Å². The molecule has 21 heavy (non-hydrogen) atoms. The first-order valence-electron chi connectivity index (χ1n) is 6.36. The van der Waals surface area contributed by atoms with Gasteiger partial charge in [-0.15, -0.1) is 0 Å². The third kappa shape index (κ3) is 4.55. The third-order valence-corrected chi connectivity index (χ3v) is 2.73. The van der Waals surface area contributed by atoms with Crippen LogP contribution in [-0.2, 0) is 4.79 Å². The van der Waals surface area contributed by atoms with E-state index in [0.717, 1.165) is 0 Å². The van der Waals surface area contributed by atoms with E-state index in [1.807, 2.05) is 0 Å². The van der Waals surface area contributed by atoms with E-state index >= 15 is 0 Å². The van der Waals surface area contributed by atoms with Crippen molar-refractivity contribution in [2.45, 2.75) is 6.92 Å². The van der Waals surface area contributed by atoms with Crippen molar-refractivity contribution in [2.75, 3.05) is 34.4 Å². The molecular formula is C14H20N2O5. The van der Waals surface area contributed by atoms with Gasteiger partial charge in [-0.3, -0.25) is 9.59 Å². The second kappa shape index (κ2) is 7.98. The summed E-state index contributed by atoms with van der Waals surface area (Å²) in [7, 11) is 4.44. The Morgan fingerprint density at radius 2 is 1.48 bits per heavy atom. The number of carbonyl (C=O) groups is 2. The van der Waals surface area contributed by atoms with E-state index in [1.54, 1.807) is 12.1 Å². The molecule has 0 aliphatic rings. The Hall–Kier alpha value is -2.44. The molecule has 0 atom stereocenters. The number of methoxy groups -OCH3 is 3. The number of benzene rings is 1. The fourth-order valence-corrected chi connectivity index (χ4v) is 1.73. The molecule has 0 fully saturated rings. The summed E-state index contributed by atoms with van der Waals surface area (Å²) in [5, 5.41) is 5.28. The molecule has 1 aromatic rings. The monoisotopic (exact) mass is 296 g/mol. The maximum Gasteiger partial charge on any atom is 0.258 e. The number of nitrogens with one attached hydrogen (secondary N) is 2. The average Bonchev–Trinajstić information content (AvgIpc) is 2.49. The molecule has 116 valence electrons. The second-order valence-corrected chi connectivity index (χ2v) is 4.15. The minimum absolute atomic E-state index is 0.149. The number of carbonyl (C=O) groups excluding carboxylic acids is 2. The van der Waals surface area contributed by atoms with Gasteiger partial charge >= 0.3 is 0 Å². The minimum atomic E-state index is -0.350. The molecule has 0 aliphatic heterocycles. The van der Waals surface area contributed by atoms with Crippen LogP contribution in [0.4, 0.5) is 0 Å². The van der Waals surface area contributed by atoms with Crippen molar-refractivity contribution in [2.24, 2.45) is 0 Å². The highest BCUT2D eigenvalue weighted by atomic mass is 16.5. The fourth-order valence-electron chi connectivity index (χ4n) is 1.73. The summed E-state index contributed by atoms with van der Waals surface area (Å²) in [4.78, 5) is 23.0. The lowest BCUT2D eigenvalue weighted by atomic mass is 10.1. The first-order chi connectivity index (χ1) is 10.0. The molecule has 1 aromatic carbocycles. The second-order valence-electron chi connectivity index (χ2n) is 4.15. The van der Waals surface area contributed by atoms with Crippen molar-refractivity contribution in [1.29, 1.82) is 0 Å². The van der Waals surface area contributed by atoms with Crippen molar-refractivity contribution in [3.8, 4) is 17.2 Å². The van der Waals surface area contributed by atoms with Crippen molar-refractivity contribution in [1.82, 2.24) is 10.6 Å². The molecule has 0 bridgehead atoms. The third-order valence-electron chi connectivity index (χ3n) is 2.73. The van der Waals surface area contributed by atoms with Crippen LogP contribution in [0.5, 0.6) is 17.2 Å². The van der Waals surface area contributed by atoms with Gasteiger partial charge in [-0.1, -0.05) is 0 Å². The van der Waals surface area contributed by atoms with E-state index in [4.69, 9.17) is 14.2 Å². The summed E-state index contributed by atoms with van der Waals surface area (Å²) in [5.41, 5.74) is 0.281. The van der Waals surface area contributed by atoms with Gasteiger partial charge in [0, 0.05) is 32.1 Å². The summed E-state index contributed by atoms with van der Waals surface area (Å²) in [6.07, 6.45) is 0. The van der Waals surface area contributed by atoms with Crippen molar-refractivity contribution in [3.63, 3.8) is 0 Å². The normalized spacial score (nSPS) is 9.71. The first kappa shape index (κ1) is 16.6. The maximum absolute atomic E-state index is 12.2. The van der Waals surface area contributed by atoms with E-state index in [-0.39, 0.29) is 17.4 Å². The van der Waals surface area contributed by atoms with Gasteiger partial charge in [0.2, 0.25) is 5.91 Å². The Bertz CT molecular complexity index is 491. The number of amides is 2. The SMILES string of the molecule is COc1cc(OC)c(C(=O)NCCNC(C)=O)c(OC)c1. The number of ether oxygens (including phenoxy) is 3. The van der Waals surface area contributed by atoms with E-state index in [0.29, 0.717) is 30.3 Å². The van der Waals surface area contributed by atoms with Crippen molar-refractivity contribution in [3.05, 3.63) is 17.7 Å². The fraction of sp³-hybridized carbons (Fsp3) is 0.429. The average molecular weight is 296 g/mol. The topological polar surface area (TPSA) is 85.9 Å². The van der Waals surface area contributed by atoms with Crippen LogP contribution >= 0.6 is 0 Å². The van der Waals surface area contributed by atoms with Gasteiger partial charge in [0.1, 0.15) is 22.8 Å². The molecule has 0 unspecified atom stereocenters. The van der Waals surface area contributed by atoms with E-state index < -0.39 is 0 Å². The number of hydrogen-bond acceptors (Lipinski definition) is 5. The largest absolute Gasteiger partial charge is 0.496 e. The van der Waals surface area contributed by atoms with Crippen LogP contribution in [-0.4, -0.2) is 46.2 Å². The van der Waals surface area contributed by atoms with Crippen LogP contribution in [0.3, 0.4) is 0 Å². The molecule has 0 saturated heterocycles. The molecule has 0 saturated carbocycles. The molecule has 0 radical (unpaired) electrons. The smallest absolute Gasteiger partial charge is 0.258 e. The Kier molecular flexibility index (Phi) is 6.32. The van der Waals surface area contributed by atoms with Gasteiger partial charge in [0.15, 0.2) is 0 Å². The number of rotatable bonds is 7. The Labute approximate surface area is 123 Å². The predicted molar refractivity (Wildman–Crippen MR) is 77.1 cm³/mol. The van der Waals surface area contributed by atoms with Crippen LogP contribution in [0.25, 0.3) is 0 Å². The molecule has 2 amide bonds. The Morgan fingerprint density at radius 3 is 1.90 bits per heavy atom. The van der Waals surface area contributed by atoms with Gasteiger partial charge in [-0.2, -0.15) is 0 Å². The van der Waals surface area contributed by atoms with Crippen LogP contribution in [0.1, 0.15) is 17.3 Å². The van der Waals surface area contributed by atoms with Crippen molar-refractivity contribution < 1.29 is 23.8 Å². The predicted octanol–water partition coefficient (Wildman–Crippen LogP) is 0.578. The summed E-state index contributed by atoms with van der Waals surface area (Å²) < 4.78 is 15.5. The standard InChI is InChI=1S/C14H20N2O5/c1-9(17)15-5-6-16-14(18)13-11(20-3)7-10(19-2)8-12(13)21-4/h7-8H,5-6H2,1-4H3,(H,15,17)(H,16,18). The van der Waals surface area contributed by atoms with Gasteiger partial charge in [-0.25, -0.2) is 0 Å². The van der Waals surface area contributed by atoms with Gasteiger partial charge in [0.25, 0.3) is 5.91 Å². The van der Waals surface area contributed by atoms with Gasteiger partial charge < -0.3 is 24.8 Å². The minimum Gasteiger partial charge on any atom is -0.496 e. The lowest BCUT2D eigenvalue weighted by molar-refractivity contribution is -0.118. The summed E-state index contributed by atoms with van der Waals surface area (Å²) in [5.74, 6) is 0.727. The molecule has 0 aliphatic carbocycles. The summed E-state index contributed by atoms with van der Waals surface area (Å²) in [6.45, 7) is 2.07. The zero-order valence-corrected chi connectivity index (χ0v) is 12.6. The maximum atomic E-state index is 12.2. The summed E-state index contributed by atoms with van der Waals surface area (Å²) >= 11 is 0. The molecule has 2 N–H and O–H groups in total. The lowest BCUT2D eigenvalue weighted by Crippen LogP contribution is -2.34. The van der Waals surface area contributed by atoms with Crippen LogP contribution in [0.2, 0.25) is 0 Å². The molecule has 7 heteroatoms. The molecular weight excluding hydrogens is 276 g/mol. The van der Waals surface area contributed by atoms with Gasteiger partial charge in [-0.05, 0) is 0 Å². The van der Waals surface area contributed by atoms with E-state index in [9.17, 15) is 9.59 Å². The molecule has 7 nitrogen and oxygen atoms in total. The molecule has 0 spiro atoms. The lowest BCUT2D eigenvalue weighted by Gasteiger charge is -2.15. The number of hydrogen-bond donors (Lipinski definition) is 2. The summed E-state index contributed by atoms with van der Waals surface area (Å²) in [6, 6.07) is 3.20. The van der Waals surface area contributed by atoms with Crippen LogP contribution in [0, 0.1) is 0 Å². The van der Waals surface area contributed by atoms with Gasteiger partial charge in [0.05, 0.1) is 21.3 Å². The molecule has 1 rings (SSSR count). The zero-order chi connectivity index (χ0) is 15.8. The quantitative estimate of drug-likeness (QED) is 0.719. The highest BCUT2D eigenvalue weighted by Gasteiger charge is 2.19. The molecule has 0 aromatic heterocycles. The highest BCUT2D eigenvalue weighted by Crippen LogP contribution is 2.33. The van der Waals surface area contributed by atoms with Crippen LogP contribution in [0.15, 0.2) is 12.1 Å². The molecule has 0 heterocycles. The zero-order valence-electron chi connectivity index (χ0n) is 12.6. The first-order valence-corrected chi connectivity index (χ1v) is 6.36.